The minimum Gasteiger partial charge on any atom is -0.480 e. The number of nitriles is 1. The summed E-state index contributed by atoms with van der Waals surface area (Å²) in [6.07, 6.45) is 3.73. The van der Waals surface area contributed by atoms with Crippen LogP contribution in [0.4, 0.5) is 5.69 Å². The monoisotopic (exact) mass is 487 g/mol. The third kappa shape index (κ3) is 7.11. The number of hydrogen-bond donors (Lipinski definition) is 1. The van der Waals surface area contributed by atoms with Crippen molar-refractivity contribution in [3.05, 3.63) is 70.6 Å². The first-order chi connectivity index (χ1) is 17.0. The Labute approximate surface area is 217 Å². The molecule has 0 saturated heterocycles. The number of ether oxygens (including phenoxy) is 1. The van der Waals surface area contributed by atoms with E-state index in [0.29, 0.717) is 17.7 Å². The van der Waals surface area contributed by atoms with Gasteiger partial charge < -0.3 is 10.1 Å². The third-order valence-corrected chi connectivity index (χ3v) is 7.36. The fourth-order valence-corrected chi connectivity index (χ4v) is 3.95. The van der Waals surface area contributed by atoms with Crippen molar-refractivity contribution in [2.45, 2.75) is 104 Å². The molecule has 2 unspecified atom stereocenters. The van der Waals surface area contributed by atoms with Crippen molar-refractivity contribution in [2.24, 2.45) is 0 Å². The minimum absolute atomic E-state index is 0.0493. The highest BCUT2D eigenvalue weighted by atomic mass is 16.5. The number of amides is 1. The first-order valence-electron chi connectivity index (χ1n) is 13.0. The number of rotatable bonds is 12. The molecule has 2 atom stereocenters. The lowest BCUT2D eigenvalue weighted by Gasteiger charge is -2.31. The van der Waals surface area contributed by atoms with Crippen molar-refractivity contribution in [2.75, 3.05) is 5.32 Å². The Bertz CT molecular complexity index is 1110. The summed E-state index contributed by atoms with van der Waals surface area (Å²) in [7, 11) is 0. The van der Waals surface area contributed by atoms with Crippen LogP contribution in [0.1, 0.15) is 103 Å². The zero-order valence-electron chi connectivity index (χ0n) is 22.9. The lowest BCUT2D eigenvalue weighted by Crippen LogP contribution is -2.34. The number of carbonyl (C=O) groups excluding carboxylic acids is 1. The highest BCUT2D eigenvalue weighted by Gasteiger charge is 2.29. The van der Waals surface area contributed by atoms with Gasteiger partial charge in [0.05, 0.1) is 5.56 Å². The van der Waals surface area contributed by atoms with Crippen LogP contribution in [0.2, 0.25) is 0 Å². The maximum Gasteiger partial charge on any atom is 0.332 e. The summed E-state index contributed by atoms with van der Waals surface area (Å²) in [5.41, 5.74) is 3.45. The van der Waals surface area contributed by atoms with E-state index in [2.05, 4.69) is 70.8 Å². The summed E-state index contributed by atoms with van der Waals surface area (Å²) < 4.78 is 6.48. The van der Waals surface area contributed by atoms with Gasteiger partial charge >= 0.3 is 6.04 Å². The zero-order chi connectivity index (χ0) is 26.9. The average molecular weight is 488 g/mol. The summed E-state index contributed by atoms with van der Waals surface area (Å²) in [5.74, 6) is 0.523. The van der Waals surface area contributed by atoms with Gasteiger partial charge in [0, 0.05) is 11.3 Å². The molecule has 2 aromatic carbocycles. The van der Waals surface area contributed by atoms with Crippen molar-refractivity contribution in [3.8, 4) is 11.8 Å². The molecule has 0 heterocycles. The number of anilines is 1. The maximum absolute atomic E-state index is 13.4. The fourth-order valence-electron chi connectivity index (χ4n) is 3.95. The first-order valence-corrected chi connectivity index (χ1v) is 13.0. The number of benzene rings is 2. The van der Waals surface area contributed by atoms with Gasteiger partial charge in [-0.1, -0.05) is 73.1 Å². The topological polar surface area (TPSA) is 66.5 Å². The molecule has 0 aromatic heterocycles. The highest BCUT2D eigenvalue weighted by molar-refractivity contribution is 5.94. The molecule has 2 aromatic rings. The molecule has 0 radical (unpaired) electrons. The third-order valence-electron chi connectivity index (χ3n) is 7.36. The molecule has 0 aliphatic heterocycles. The van der Waals surface area contributed by atoms with E-state index in [1.165, 1.54) is 5.56 Å². The van der Waals surface area contributed by atoms with Crippen LogP contribution in [0.25, 0.3) is 4.85 Å². The Morgan fingerprint density at radius 2 is 1.78 bits per heavy atom. The Morgan fingerprint density at radius 3 is 2.36 bits per heavy atom. The molecule has 36 heavy (non-hydrogen) atoms. The van der Waals surface area contributed by atoms with Crippen LogP contribution in [0.5, 0.6) is 5.75 Å². The zero-order valence-corrected chi connectivity index (χ0v) is 22.9. The first kappa shape index (κ1) is 28.9. The molecule has 0 saturated carbocycles. The molecule has 192 valence electrons. The van der Waals surface area contributed by atoms with E-state index in [1.807, 2.05) is 12.1 Å². The minimum atomic E-state index is -0.890. The van der Waals surface area contributed by atoms with Gasteiger partial charge in [0.15, 0.2) is 12.2 Å². The maximum atomic E-state index is 13.4. The molecule has 0 spiro atoms. The van der Waals surface area contributed by atoms with Crippen molar-refractivity contribution >= 4 is 11.6 Å². The predicted octanol–water partition coefficient (Wildman–Crippen LogP) is 8.12. The van der Waals surface area contributed by atoms with Gasteiger partial charge in [-0.3, -0.25) is 9.64 Å². The summed E-state index contributed by atoms with van der Waals surface area (Å²) in [5, 5.41) is 12.2. The normalized spacial score (nSPS) is 13.2. The van der Waals surface area contributed by atoms with Gasteiger partial charge in [0.25, 0.3) is 5.91 Å². The summed E-state index contributed by atoms with van der Waals surface area (Å²) in [6.45, 7) is 22.6. The van der Waals surface area contributed by atoms with Crippen LogP contribution < -0.4 is 10.1 Å². The number of hydrogen-bond acceptors (Lipinski definition) is 3. The molecule has 2 rings (SSSR count). The predicted molar refractivity (Wildman–Crippen MR) is 147 cm³/mol. The molecule has 0 bridgehead atoms. The van der Waals surface area contributed by atoms with Gasteiger partial charge in [-0.05, 0) is 66.3 Å². The van der Waals surface area contributed by atoms with E-state index in [9.17, 15) is 10.1 Å². The van der Waals surface area contributed by atoms with Crippen LogP contribution in [0, 0.1) is 17.9 Å². The molecular formula is C31H41N3O2. The van der Waals surface area contributed by atoms with Crippen molar-refractivity contribution in [3.63, 3.8) is 0 Å². The van der Waals surface area contributed by atoms with E-state index in [0.717, 1.165) is 37.0 Å². The second-order valence-corrected chi connectivity index (χ2v) is 10.7. The highest BCUT2D eigenvalue weighted by Crippen LogP contribution is 2.39. The molecule has 0 fully saturated rings. The van der Waals surface area contributed by atoms with E-state index in [4.69, 9.17) is 11.3 Å². The van der Waals surface area contributed by atoms with Gasteiger partial charge in [0.1, 0.15) is 5.75 Å². The van der Waals surface area contributed by atoms with Crippen LogP contribution in [0.15, 0.2) is 42.5 Å². The van der Waals surface area contributed by atoms with Crippen LogP contribution >= 0.6 is 0 Å². The molecule has 1 amide bonds. The lowest BCUT2D eigenvalue weighted by atomic mass is 9.76. The largest absolute Gasteiger partial charge is 0.480 e. The Kier molecular flexibility index (Phi) is 10.1. The smallest absolute Gasteiger partial charge is 0.332 e. The lowest BCUT2D eigenvalue weighted by molar-refractivity contribution is -0.123. The van der Waals surface area contributed by atoms with E-state index in [-0.39, 0.29) is 16.7 Å². The van der Waals surface area contributed by atoms with Crippen LogP contribution in [-0.4, -0.2) is 12.0 Å². The summed E-state index contributed by atoms with van der Waals surface area (Å²) >= 11 is 0. The number of nitrogens with one attached hydrogen (secondary N) is 1. The average Bonchev–Trinajstić information content (AvgIpc) is 2.87. The van der Waals surface area contributed by atoms with Crippen molar-refractivity contribution < 1.29 is 9.53 Å². The van der Waals surface area contributed by atoms with Gasteiger partial charge in [-0.25, -0.2) is 6.57 Å². The van der Waals surface area contributed by atoms with E-state index >= 15 is 0 Å². The van der Waals surface area contributed by atoms with E-state index < -0.39 is 12.1 Å². The SMILES string of the molecule is [C-]#[N+]C(C#N)c1cccc(NC(=O)C(CCCC)Oc2ccc(C(C)(C)CC)cc2C(C)(C)CC)c1. The summed E-state index contributed by atoms with van der Waals surface area (Å²) in [4.78, 5) is 16.7. The van der Waals surface area contributed by atoms with E-state index in [1.54, 1.807) is 24.3 Å². The standard InChI is InChI=1S/C31H41N3O2/c1-9-12-16-28(29(35)34-24-15-13-14-22(19-24)26(21-32)33-8)36-27-18-17-23(30(4,5)10-2)20-25(27)31(6,7)11-3/h13-15,17-20,26,28H,9-12,16H2,1-7H3,(H,34,35). The van der Waals surface area contributed by atoms with Crippen LogP contribution in [-0.2, 0) is 15.6 Å². The summed E-state index contributed by atoms with van der Waals surface area (Å²) in [6, 6.07) is 14.4. The number of unbranched alkanes of at least 4 members (excludes halogenated alkanes) is 1. The van der Waals surface area contributed by atoms with Crippen LogP contribution in [0.3, 0.4) is 0 Å². The Hall–Kier alpha value is -3.31. The number of carbonyl (C=O) groups is 1. The number of nitrogens with zero attached hydrogens (tertiary/aromatic N) is 2. The Morgan fingerprint density at radius 1 is 1.08 bits per heavy atom. The fraction of sp³-hybridized carbons (Fsp3) is 0.516. The second-order valence-electron chi connectivity index (χ2n) is 10.7. The van der Waals surface area contributed by atoms with Gasteiger partial charge in [-0.2, -0.15) is 5.26 Å². The van der Waals surface area contributed by atoms with Gasteiger partial charge in [-0.15, -0.1) is 0 Å². The molecule has 5 nitrogen and oxygen atoms in total. The molecule has 5 heteroatoms. The van der Waals surface area contributed by atoms with Crippen molar-refractivity contribution in [1.82, 2.24) is 0 Å². The Balaban J connectivity index is 2.40. The molecule has 0 aliphatic carbocycles. The molecule has 0 aliphatic rings. The second kappa shape index (κ2) is 12.6. The van der Waals surface area contributed by atoms with Gasteiger partial charge in [0.2, 0.25) is 0 Å². The molecule has 1 N–H and O–H groups in total. The van der Waals surface area contributed by atoms with Crippen molar-refractivity contribution in [1.29, 1.82) is 5.26 Å². The quantitative estimate of drug-likeness (QED) is 0.307. The molecular weight excluding hydrogens is 446 g/mol.